The van der Waals surface area contributed by atoms with Crippen LogP contribution >= 0.6 is 0 Å². The average Bonchev–Trinajstić information content (AvgIpc) is 3.47. The highest BCUT2D eigenvalue weighted by Crippen LogP contribution is 2.31. The topological polar surface area (TPSA) is 85.5 Å². The zero-order valence-corrected chi connectivity index (χ0v) is 17.7. The molecule has 1 saturated carbocycles. The minimum Gasteiger partial charge on any atom is -0.381 e. The van der Waals surface area contributed by atoms with Crippen molar-refractivity contribution in [1.82, 2.24) is 14.4 Å². The maximum absolute atomic E-state index is 13.0. The van der Waals surface area contributed by atoms with Gasteiger partial charge in [-0.2, -0.15) is 9.29 Å². The van der Waals surface area contributed by atoms with Crippen molar-refractivity contribution in [2.75, 3.05) is 26.3 Å². The van der Waals surface area contributed by atoms with Crippen LogP contribution in [0.15, 0.2) is 33.7 Å². The van der Waals surface area contributed by atoms with Gasteiger partial charge in [0, 0.05) is 26.1 Å². The molecular formula is C21H29N3O4S. The van der Waals surface area contributed by atoms with Crippen molar-refractivity contribution >= 4 is 10.0 Å². The van der Waals surface area contributed by atoms with E-state index in [0.717, 1.165) is 12.2 Å². The molecule has 1 saturated heterocycles. The number of hydrogen-bond donors (Lipinski definition) is 0. The van der Waals surface area contributed by atoms with Crippen molar-refractivity contribution in [3.05, 3.63) is 41.5 Å². The van der Waals surface area contributed by atoms with Gasteiger partial charge in [-0.25, -0.2) is 8.42 Å². The second kappa shape index (κ2) is 8.93. The molecule has 1 atom stereocenters. The van der Waals surface area contributed by atoms with Crippen molar-refractivity contribution in [2.45, 2.75) is 56.3 Å². The van der Waals surface area contributed by atoms with Crippen molar-refractivity contribution in [3.63, 3.8) is 0 Å². The number of benzene rings is 1. The van der Waals surface area contributed by atoms with Crippen LogP contribution in [0.2, 0.25) is 0 Å². The lowest BCUT2D eigenvalue weighted by molar-refractivity contribution is 0.102. The summed E-state index contributed by atoms with van der Waals surface area (Å²) in [7, 11) is -3.51. The Hall–Kier alpha value is -1.77. The van der Waals surface area contributed by atoms with Crippen molar-refractivity contribution < 1.29 is 17.7 Å². The normalized spacial score (nSPS) is 21.2. The van der Waals surface area contributed by atoms with Crippen LogP contribution in [0.3, 0.4) is 0 Å². The summed E-state index contributed by atoms with van der Waals surface area (Å²) in [6.07, 6.45) is 6.49. The lowest BCUT2D eigenvalue weighted by Crippen LogP contribution is -2.29. The van der Waals surface area contributed by atoms with E-state index in [1.54, 1.807) is 12.1 Å². The third-order valence-corrected chi connectivity index (χ3v) is 8.02. The predicted molar refractivity (Wildman–Crippen MR) is 108 cm³/mol. The molecule has 2 heterocycles. The fourth-order valence-electron chi connectivity index (χ4n) is 4.26. The number of aryl methyl sites for hydroxylation is 1. The third-order valence-electron chi connectivity index (χ3n) is 5.99. The summed E-state index contributed by atoms with van der Waals surface area (Å²) in [5.74, 6) is 1.80. The van der Waals surface area contributed by atoms with Gasteiger partial charge >= 0.3 is 0 Å². The molecule has 2 fully saturated rings. The molecule has 158 valence electrons. The minimum atomic E-state index is -3.51. The Morgan fingerprint density at radius 1 is 1.21 bits per heavy atom. The molecule has 1 aromatic carbocycles. The lowest BCUT2D eigenvalue weighted by atomic mass is 10.1. The number of rotatable bonds is 8. The SMILES string of the molecule is Cc1ccccc1S(=O)(=O)N1CCC(c2nc(CCOCC3CCCC3)no2)C1. The van der Waals surface area contributed by atoms with Crippen LogP contribution in [0.1, 0.15) is 55.3 Å². The van der Waals surface area contributed by atoms with Gasteiger partial charge in [-0.15, -0.1) is 0 Å². The average molecular weight is 420 g/mol. The number of hydrogen-bond acceptors (Lipinski definition) is 6. The van der Waals surface area contributed by atoms with Gasteiger partial charge in [0.15, 0.2) is 5.82 Å². The molecule has 1 aliphatic carbocycles. The summed E-state index contributed by atoms with van der Waals surface area (Å²) in [5.41, 5.74) is 0.758. The van der Waals surface area contributed by atoms with Gasteiger partial charge in [-0.1, -0.05) is 36.2 Å². The molecular weight excluding hydrogens is 390 g/mol. The Morgan fingerprint density at radius 3 is 2.79 bits per heavy atom. The maximum atomic E-state index is 13.0. The first-order valence-electron chi connectivity index (χ1n) is 10.5. The highest BCUT2D eigenvalue weighted by Gasteiger charge is 2.36. The molecule has 1 aromatic heterocycles. The molecule has 0 radical (unpaired) electrons. The van der Waals surface area contributed by atoms with E-state index in [9.17, 15) is 8.42 Å². The maximum Gasteiger partial charge on any atom is 0.243 e. The van der Waals surface area contributed by atoms with Gasteiger partial charge in [0.25, 0.3) is 0 Å². The Kier molecular flexibility index (Phi) is 6.32. The van der Waals surface area contributed by atoms with Gasteiger partial charge in [0.05, 0.1) is 17.4 Å². The first-order chi connectivity index (χ1) is 14.0. The molecule has 2 aliphatic rings. The van der Waals surface area contributed by atoms with Crippen LogP contribution in [0.5, 0.6) is 0 Å². The molecule has 1 unspecified atom stereocenters. The minimum absolute atomic E-state index is 0.0607. The van der Waals surface area contributed by atoms with Gasteiger partial charge in [0.2, 0.25) is 15.9 Å². The second-order valence-corrected chi connectivity index (χ2v) is 10.0. The quantitative estimate of drug-likeness (QED) is 0.610. The van der Waals surface area contributed by atoms with Crippen LogP contribution in [-0.2, 0) is 21.2 Å². The van der Waals surface area contributed by atoms with E-state index in [1.807, 2.05) is 19.1 Å². The predicted octanol–water partition coefficient (Wildman–Crippen LogP) is 3.31. The Bertz CT molecular complexity index is 922. The van der Waals surface area contributed by atoms with E-state index in [4.69, 9.17) is 9.26 Å². The number of nitrogens with zero attached hydrogens (tertiary/aromatic N) is 3. The molecule has 0 N–H and O–H groups in total. The summed E-state index contributed by atoms with van der Waals surface area (Å²) < 4.78 is 38.6. The van der Waals surface area contributed by atoms with E-state index < -0.39 is 10.0 Å². The second-order valence-electron chi connectivity index (χ2n) is 8.14. The molecule has 8 heteroatoms. The molecule has 0 amide bonds. The standard InChI is InChI=1S/C21H29N3O4S/c1-16-6-2-5-9-19(16)29(25,26)24-12-10-18(14-24)21-22-20(23-28-21)11-13-27-15-17-7-3-4-8-17/h2,5-6,9,17-18H,3-4,7-8,10-15H2,1H3. The number of sulfonamides is 1. The molecule has 0 spiro atoms. The molecule has 4 rings (SSSR count). The molecule has 2 aromatic rings. The fraction of sp³-hybridized carbons (Fsp3) is 0.619. The van der Waals surface area contributed by atoms with Gasteiger partial charge in [0.1, 0.15) is 0 Å². The van der Waals surface area contributed by atoms with Crippen molar-refractivity contribution in [1.29, 1.82) is 0 Å². The first-order valence-corrected chi connectivity index (χ1v) is 11.9. The van der Waals surface area contributed by atoms with E-state index >= 15 is 0 Å². The van der Waals surface area contributed by atoms with E-state index in [1.165, 1.54) is 30.0 Å². The highest BCUT2D eigenvalue weighted by molar-refractivity contribution is 7.89. The molecule has 7 nitrogen and oxygen atoms in total. The summed E-state index contributed by atoms with van der Waals surface area (Å²) in [5, 5.41) is 4.06. The molecule has 29 heavy (non-hydrogen) atoms. The number of ether oxygens (including phenoxy) is 1. The highest BCUT2D eigenvalue weighted by atomic mass is 32.2. The first kappa shape index (κ1) is 20.5. The number of aromatic nitrogens is 2. The lowest BCUT2D eigenvalue weighted by Gasteiger charge is -2.17. The Balaban J connectivity index is 1.31. The van der Waals surface area contributed by atoms with Crippen LogP contribution in [0, 0.1) is 12.8 Å². The van der Waals surface area contributed by atoms with Crippen molar-refractivity contribution in [2.24, 2.45) is 5.92 Å². The monoisotopic (exact) mass is 419 g/mol. The van der Waals surface area contributed by atoms with Crippen LogP contribution in [-0.4, -0.2) is 49.2 Å². The summed E-state index contributed by atoms with van der Waals surface area (Å²) >= 11 is 0. The van der Waals surface area contributed by atoms with Crippen LogP contribution in [0.4, 0.5) is 0 Å². The fourth-order valence-corrected chi connectivity index (χ4v) is 5.98. The van der Waals surface area contributed by atoms with Crippen LogP contribution < -0.4 is 0 Å². The molecule has 0 bridgehead atoms. The van der Waals surface area contributed by atoms with Gasteiger partial charge in [-0.05, 0) is 43.7 Å². The van der Waals surface area contributed by atoms with Gasteiger partial charge < -0.3 is 9.26 Å². The largest absolute Gasteiger partial charge is 0.381 e. The third kappa shape index (κ3) is 4.70. The van der Waals surface area contributed by atoms with Gasteiger partial charge in [-0.3, -0.25) is 0 Å². The summed E-state index contributed by atoms with van der Waals surface area (Å²) in [6, 6.07) is 7.08. The van der Waals surface area contributed by atoms with E-state index in [2.05, 4.69) is 10.1 Å². The van der Waals surface area contributed by atoms with Crippen molar-refractivity contribution in [3.8, 4) is 0 Å². The smallest absolute Gasteiger partial charge is 0.243 e. The summed E-state index contributed by atoms with van der Waals surface area (Å²) in [4.78, 5) is 4.86. The Morgan fingerprint density at radius 2 is 2.00 bits per heavy atom. The zero-order valence-electron chi connectivity index (χ0n) is 16.9. The summed E-state index contributed by atoms with van der Waals surface area (Å²) in [6.45, 7) is 4.06. The van der Waals surface area contributed by atoms with Crippen LogP contribution in [0.25, 0.3) is 0 Å². The molecule has 1 aliphatic heterocycles. The van der Waals surface area contributed by atoms with E-state index in [0.29, 0.717) is 55.1 Å². The zero-order chi connectivity index (χ0) is 20.3. The van der Waals surface area contributed by atoms with E-state index in [-0.39, 0.29) is 5.92 Å². The Labute approximate surface area is 172 Å².